The van der Waals surface area contributed by atoms with E-state index in [-0.39, 0.29) is 17.1 Å². The zero-order valence-corrected chi connectivity index (χ0v) is 11.2. The molecule has 1 aromatic carbocycles. The lowest BCUT2D eigenvalue weighted by Crippen LogP contribution is -2.12. The van der Waals surface area contributed by atoms with Crippen LogP contribution in [0.4, 0.5) is 14.7 Å². The number of hydrogen-bond acceptors (Lipinski definition) is 7. The molecular formula is C11H11F2N5OS. The second kappa shape index (κ2) is 6.44. The van der Waals surface area contributed by atoms with Crippen molar-refractivity contribution in [3.8, 4) is 6.01 Å². The molecular weight excluding hydrogens is 288 g/mol. The Morgan fingerprint density at radius 2 is 2.05 bits per heavy atom. The Kier molecular flexibility index (Phi) is 4.64. The number of benzene rings is 1. The number of nitrogens with one attached hydrogen (secondary N) is 1. The summed E-state index contributed by atoms with van der Waals surface area (Å²) in [6, 6.07) is 3.60. The molecule has 0 atom stereocenters. The van der Waals surface area contributed by atoms with Crippen LogP contribution >= 0.6 is 11.8 Å². The highest BCUT2D eigenvalue weighted by atomic mass is 32.2. The van der Waals surface area contributed by atoms with Gasteiger partial charge in [-0.05, 0) is 36.9 Å². The van der Waals surface area contributed by atoms with Crippen molar-refractivity contribution >= 4 is 17.7 Å². The van der Waals surface area contributed by atoms with E-state index in [0.29, 0.717) is 11.5 Å². The van der Waals surface area contributed by atoms with Gasteiger partial charge in [0.1, 0.15) is 0 Å². The van der Waals surface area contributed by atoms with Gasteiger partial charge in [-0.2, -0.15) is 15.0 Å². The van der Waals surface area contributed by atoms with Crippen molar-refractivity contribution in [3.63, 3.8) is 0 Å². The Morgan fingerprint density at radius 3 is 2.70 bits per heavy atom. The summed E-state index contributed by atoms with van der Waals surface area (Å²) in [5, 5.41) is 0.252. The number of nitrogen functional groups attached to an aromatic ring is 1. The summed E-state index contributed by atoms with van der Waals surface area (Å²) in [5.41, 5.74) is 2.28. The number of hydrazine groups is 1. The first-order chi connectivity index (χ1) is 9.62. The Morgan fingerprint density at radius 1 is 1.25 bits per heavy atom. The average molecular weight is 299 g/mol. The molecule has 0 fully saturated rings. The fraction of sp³-hybridized carbons (Fsp3) is 0.182. The normalized spacial score (nSPS) is 10.4. The van der Waals surface area contributed by atoms with Gasteiger partial charge >= 0.3 is 6.01 Å². The molecule has 9 heteroatoms. The number of ether oxygens (including phenoxy) is 1. The molecule has 0 amide bonds. The first-order valence-electron chi connectivity index (χ1n) is 5.60. The number of anilines is 1. The van der Waals surface area contributed by atoms with Crippen molar-refractivity contribution in [2.75, 3.05) is 12.0 Å². The molecule has 0 aliphatic heterocycles. The molecule has 0 saturated heterocycles. The first kappa shape index (κ1) is 14.4. The van der Waals surface area contributed by atoms with Crippen LogP contribution in [0, 0.1) is 11.6 Å². The lowest BCUT2D eigenvalue weighted by Gasteiger charge is -2.06. The van der Waals surface area contributed by atoms with Crippen LogP contribution in [0.2, 0.25) is 0 Å². The molecule has 2 aromatic rings. The van der Waals surface area contributed by atoms with Crippen LogP contribution in [0.15, 0.2) is 28.3 Å². The first-order valence-corrected chi connectivity index (χ1v) is 6.42. The standard InChI is InChI=1S/C11H11F2N5OS/c1-2-19-10-15-9(18-14)16-11(17-10)20-6-3-4-7(12)8(13)5-6/h3-5H,2,14H2,1H3,(H,15,16,17,18). The van der Waals surface area contributed by atoms with Gasteiger partial charge in [-0.1, -0.05) is 0 Å². The third kappa shape index (κ3) is 3.52. The van der Waals surface area contributed by atoms with Gasteiger partial charge in [0, 0.05) is 4.90 Å². The average Bonchev–Trinajstić information content (AvgIpc) is 2.43. The molecule has 20 heavy (non-hydrogen) atoms. The molecule has 106 valence electrons. The molecule has 0 radical (unpaired) electrons. The third-order valence-electron chi connectivity index (χ3n) is 2.10. The minimum absolute atomic E-state index is 0.0977. The highest BCUT2D eigenvalue weighted by Crippen LogP contribution is 2.27. The molecule has 0 unspecified atom stereocenters. The largest absolute Gasteiger partial charge is 0.464 e. The van der Waals surface area contributed by atoms with Crippen molar-refractivity contribution in [1.29, 1.82) is 0 Å². The lowest BCUT2D eigenvalue weighted by atomic mass is 10.3. The smallest absolute Gasteiger partial charge is 0.322 e. The van der Waals surface area contributed by atoms with Crippen molar-refractivity contribution < 1.29 is 13.5 Å². The van der Waals surface area contributed by atoms with Gasteiger partial charge in [0.25, 0.3) is 0 Å². The molecule has 1 aromatic heterocycles. The van der Waals surface area contributed by atoms with Gasteiger partial charge in [0.05, 0.1) is 6.61 Å². The van der Waals surface area contributed by atoms with E-state index >= 15 is 0 Å². The van der Waals surface area contributed by atoms with E-state index in [4.69, 9.17) is 10.6 Å². The molecule has 1 heterocycles. The van der Waals surface area contributed by atoms with Crippen LogP contribution in [0.3, 0.4) is 0 Å². The van der Waals surface area contributed by atoms with Crippen molar-refractivity contribution in [2.24, 2.45) is 5.84 Å². The number of aromatic nitrogens is 3. The highest BCUT2D eigenvalue weighted by Gasteiger charge is 2.10. The minimum Gasteiger partial charge on any atom is -0.464 e. The summed E-state index contributed by atoms with van der Waals surface area (Å²) in [6.45, 7) is 2.16. The van der Waals surface area contributed by atoms with E-state index in [1.807, 2.05) is 0 Å². The van der Waals surface area contributed by atoms with Crippen molar-refractivity contribution in [2.45, 2.75) is 17.0 Å². The summed E-state index contributed by atoms with van der Waals surface area (Å²) in [7, 11) is 0. The monoisotopic (exact) mass is 299 g/mol. The summed E-state index contributed by atoms with van der Waals surface area (Å²) in [4.78, 5) is 12.3. The fourth-order valence-corrected chi connectivity index (χ4v) is 2.05. The van der Waals surface area contributed by atoms with Crippen LogP contribution in [-0.4, -0.2) is 21.6 Å². The molecule has 2 rings (SSSR count). The molecule has 0 saturated carbocycles. The lowest BCUT2D eigenvalue weighted by molar-refractivity contribution is 0.308. The van der Waals surface area contributed by atoms with E-state index in [1.54, 1.807) is 6.92 Å². The van der Waals surface area contributed by atoms with Crippen LogP contribution in [0.5, 0.6) is 6.01 Å². The molecule has 3 N–H and O–H groups in total. The van der Waals surface area contributed by atoms with E-state index < -0.39 is 11.6 Å². The predicted molar refractivity (Wildman–Crippen MR) is 69.3 cm³/mol. The van der Waals surface area contributed by atoms with E-state index in [1.165, 1.54) is 6.07 Å². The number of rotatable bonds is 5. The topological polar surface area (TPSA) is 86.0 Å². The Balaban J connectivity index is 2.27. The zero-order chi connectivity index (χ0) is 14.5. The zero-order valence-electron chi connectivity index (χ0n) is 10.4. The summed E-state index contributed by atoms with van der Waals surface area (Å²) in [6.07, 6.45) is 0. The maximum atomic E-state index is 13.1. The summed E-state index contributed by atoms with van der Waals surface area (Å²) < 4.78 is 31.1. The maximum absolute atomic E-state index is 13.1. The fourth-order valence-electron chi connectivity index (χ4n) is 1.29. The molecule has 0 aliphatic rings. The van der Waals surface area contributed by atoms with Crippen LogP contribution in [0.1, 0.15) is 6.92 Å². The van der Waals surface area contributed by atoms with Crippen molar-refractivity contribution in [3.05, 3.63) is 29.8 Å². The molecule has 0 bridgehead atoms. The van der Waals surface area contributed by atoms with E-state index in [0.717, 1.165) is 23.9 Å². The van der Waals surface area contributed by atoms with Crippen LogP contribution < -0.4 is 16.0 Å². The molecule has 0 aliphatic carbocycles. The van der Waals surface area contributed by atoms with Gasteiger partial charge in [0.2, 0.25) is 11.1 Å². The number of halogens is 2. The summed E-state index contributed by atoms with van der Waals surface area (Å²) in [5.74, 6) is 3.51. The second-order valence-corrected chi connectivity index (χ2v) is 4.52. The van der Waals surface area contributed by atoms with Gasteiger partial charge in [-0.25, -0.2) is 14.6 Å². The predicted octanol–water partition coefficient (Wildman–Crippen LogP) is 1.99. The Labute approximate surface area is 117 Å². The SMILES string of the molecule is CCOc1nc(NN)nc(Sc2ccc(F)c(F)c2)n1. The maximum Gasteiger partial charge on any atom is 0.322 e. The van der Waals surface area contributed by atoms with Crippen molar-refractivity contribution in [1.82, 2.24) is 15.0 Å². The van der Waals surface area contributed by atoms with Gasteiger partial charge in [0.15, 0.2) is 11.6 Å². The van der Waals surface area contributed by atoms with Gasteiger partial charge in [-0.3, -0.25) is 5.43 Å². The molecule has 0 spiro atoms. The minimum atomic E-state index is -0.939. The van der Waals surface area contributed by atoms with E-state index in [9.17, 15) is 8.78 Å². The van der Waals surface area contributed by atoms with Gasteiger partial charge < -0.3 is 4.74 Å². The number of nitrogens with two attached hydrogens (primary N) is 1. The van der Waals surface area contributed by atoms with Crippen LogP contribution in [0.25, 0.3) is 0 Å². The number of nitrogens with zero attached hydrogens (tertiary/aromatic N) is 3. The quantitative estimate of drug-likeness (QED) is 0.645. The van der Waals surface area contributed by atoms with Gasteiger partial charge in [-0.15, -0.1) is 0 Å². The number of hydrogen-bond donors (Lipinski definition) is 2. The highest BCUT2D eigenvalue weighted by molar-refractivity contribution is 7.99. The third-order valence-corrected chi connectivity index (χ3v) is 2.95. The summed E-state index contributed by atoms with van der Waals surface area (Å²) >= 11 is 1.04. The second-order valence-electron chi connectivity index (χ2n) is 3.48. The molecule has 6 nitrogen and oxygen atoms in total. The Hall–Kier alpha value is -2.00. The Bertz CT molecular complexity index is 613. The van der Waals surface area contributed by atoms with E-state index in [2.05, 4.69) is 20.4 Å². The van der Waals surface area contributed by atoms with Crippen LogP contribution in [-0.2, 0) is 0 Å².